The Morgan fingerprint density at radius 3 is 2.19 bits per heavy atom. The summed E-state index contributed by atoms with van der Waals surface area (Å²) in [4.78, 5) is 0. The van der Waals surface area contributed by atoms with E-state index >= 15 is 0 Å². The maximum atomic E-state index is 3.54. The number of benzene rings is 2. The first-order valence-electron chi connectivity index (χ1n) is 7.23. The largest absolute Gasteiger partial charge is 0.0619 e. The van der Waals surface area contributed by atoms with E-state index in [-0.39, 0.29) is 0 Å². The Labute approximate surface area is 133 Å². The van der Waals surface area contributed by atoms with Crippen molar-refractivity contribution in [2.75, 3.05) is 0 Å². The lowest BCUT2D eigenvalue weighted by molar-refractivity contribution is 1.22. The van der Waals surface area contributed by atoms with Crippen molar-refractivity contribution in [3.8, 4) is 0 Å². The van der Waals surface area contributed by atoms with Crippen LogP contribution >= 0.6 is 15.9 Å². The third-order valence-corrected chi connectivity index (χ3v) is 4.64. The highest BCUT2D eigenvalue weighted by Crippen LogP contribution is 2.30. The molecule has 0 nitrogen and oxygen atoms in total. The van der Waals surface area contributed by atoms with E-state index in [1.54, 1.807) is 0 Å². The van der Waals surface area contributed by atoms with Crippen molar-refractivity contribution in [3.05, 3.63) is 92.5 Å². The van der Waals surface area contributed by atoms with Gasteiger partial charge < -0.3 is 0 Å². The Morgan fingerprint density at radius 1 is 0.762 bits per heavy atom. The van der Waals surface area contributed by atoms with Gasteiger partial charge in [-0.15, -0.1) is 0 Å². The van der Waals surface area contributed by atoms with Crippen LogP contribution in [0.4, 0.5) is 0 Å². The molecule has 102 valence electrons. The highest BCUT2D eigenvalue weighted by atomic mass is 79.9. The Balaban J connectivity index is 1.52. The standard InChI is InChI=1S/C20H15Br/c21-20-8-7-18-11-15(12-19(18)13-20)6-5-14-9-16-3-1-2-4-17(16)10-14/h1-9,11,13H,10,12H2/b6-5+. The van der Waals surface area contributed by atoms with Crippen LogP contribution in [0.5, 0.6) is 0 Å². The monoisotopic (exact) mass is 334 g/mol. The number of fused-ring (bicyclic) bond motifs is 2. The van der Waals surface area contributed by atoms with Crippen LogP contribution in [0.2, 0.25) is 0 Å². The highest BCUT2D eigenvalue weighted by molar-refractivity contribution is 9.10. The predicted molar refractivity (Wildman–Crippen MR) is 93.1 cm³/mol. The van der Waals surface area contributed by atoms with E-state index in [9.17, 15) is 0 Å². The molecule has 2 aromatic carbocycles. The van der Waals surface area contributed by atoms with Crippen molar-refractivity contribution in [1.29, 1.82) is 0 Å². The van der Waals surface area contributed by atoms with Crippen LogP contribution in [0.15, 0.2) is 70.2 Å². The second-order valence-electron chi connectivity index (χ2n) is 5.67. The minimum Gasteiger partial charge on any atom is -0.0619 e. The van der Waals surface area contributed by atoms with Gasteiger partial charge in [0.25, 0.3) is 0 Å². The first kappa shape index (κ1) is 12.8. The molecular formula is C20H15Br. The normalized spacial score (nSPS) is 15.9. The molecule has 0 aromatic heterocycles. The summed E-state index contributed by atoms with van der Waals surface area (Å²) in [7, 11) is 0. The van der Waals surface area contributed by atoms with E-state index in [1.165, 1.54) is 33.4 Å². The molecule has 2 aliphatic rings. The first-order valence-corrected chi connectivity index (χ1v) is 8.03. The molecule has 0 saturated heterocycles. The molecule has 0 heterocycles. The maximum absolute atomic E-state index is 3.54. The minimum absolute atomic E-state index is 1.03. The van der Waals surface area contributed by atoms with E-state index in [0.717, 1.165) is 17.3 Å². The molecule has 0 unspecified atom stereocenters. The van der Waals surface area contributed by atoms with Gasteiger partial charge >= 0.3 is 0 Å². The number of halogens is 1. The Kier molecular flexibility index (Phi) is 3.16. The zero-order valence-corrected chi connectivity index (χ0v) is 13.2. The average molecular weight is 335 g/mol. The van der Waals surface area contributed by atoms with Crippen molar-refractivity contribution in [2.45, 2.75) is 12.8 Å². The molecule has 0 fully saturated rings. The van der Waals surface area contributed by atoms with Crippen molar-refractivity contribution in [2.24, 2.45) is 0 Å². The Hall–Kier alpha value is -1.86. The molecule has 2 aromatic rings. The van der Waals surface area contributed by atoms with Crippen molar-refractivity contribution in [1.82, 2.24) is 0 Å². The second-order valence-corrected chi connectivity index (χ2v) is 6.58. The van der Waals surface area contributed by atoms with Gasteiger partial charge in [0.15, 0.2) is 0 Å². The Morgan fingerprint density at radius 2 is 1.43 bits per heavy atom. The summed E-state index contributed by atoms with van der Waals surface area (Å²) >= 11 is 3.54. The van der Waals surface area contributed by atoms with Gasteiger partial charge in [-0.1, -0.05) is 70.6 Å². The van der Waals surface area contributed by atoms with Gasteiger partial charge in [-0.3, -0.25) is 0 Å². The van der Waals surface area contributed by atoms with Crippen LogP contribution in [0.25, 0.3) is 12.2 Å². The van der Waals surface area contributed by atoms with Crippen LogP contribution in [-0.4, -0.2) is 0 Å². The summed E-state index contributed by atoms with van der Waals surface area (Å²) in [6.07, 6.45) is 11.2. The van der Waals surface area contributed by atoms with Gasteiger partial charge in [-0.25, -0.2) is 0 Å². The van der Waals surface area contributed by atoms with E-state index in [1.807, 2.05) is 0 Å². The summed E-state index contributed by atoms with van der Waals surface area (Å²) < 4.78 is 1.16. The predicted octanol–water partition coefficient (Wildman–Crippen LogP) is 5.58. The fourth-order valence-electron chi connectivity index (χ4n) is 3.07. The molecule has 2 aliphatic carbocycles. The van der Waals surface area contributed by atoms with Crippen molar-refractivity contribution >= 4 is 28.1 Å². The van der Waals surface area contributed by atoms with E-state index in [2.05, 4.69) is 82.7 Å². The van der Waals surface area contributed by atoms with Crippen LogP contribution in [0.1, 0.15) is 22.3 Å². The zero-order chi connectivity index (χ0) is 14.2. The molecule has 0 saturated carbocycles. The maximum Gasteiger partial charge on any atom is 0.0178 e. The van der Waals surface area contributed by atoms with Gasteiger partial charge in [-0.2, -0.15) is 0 Å². The first-order chi connectivity index (χ1) is 10.3. The molecule has 21 heavy (non-hydrogen) atoms. The summed E-state index contributed by atoms with van der Waals surface area (Å²) in [5.41, 5.74) is 8.35. The van der Waals surface area contributed by atoms with Gasteiger partial charge in [0, 0.05) is 4.47 Å². The van der Waals surface area contributed by atoms with Crippen molar-refractivity contribution < 1.29 is 0 Å². The van der Waals surface area contributed by atoms with Crippen LogP contribution in [0, 0.1) is 0 Å². The molecule has 0 bridgehead atoms. The summed E-state index contributed by atoms with van der Waals surface area (Å²) in [6.45, 7) is 0. The summed E-state index contributed by atoms with van der Waals surface area (Å²) in [5, 5.41) is 0. The lowest BCUT2D eigenvalue weighted by atomic mass is 10.1. The highest BCUT2D eigenvalue weighted by Gasteiger charge is 2.12. The van der Waals surface area contributed by atoms with Crippen LogP contribution < -0.4 is 0 Å². The third-order valence-electron chi connectivity index (χ3n) is 4.14. The van der Waals surface area contributed by atoms with Gasteiger partial charge in [0.2, 0.25) is 0 Å². The average Bonchev–Trinajstić information content (AvgIpc) is 3.07. The van der Waals surface area contributed by atoms with Gasteiger partial charge in [0.1, 0.15) is 0 Å². The number of rotatable bonds is 2. The molecule has 0 radical (unpaired) electrons. The van der Waals surface area contributed by atoms with Crippen LogP contribution in [-0.2, 0) is 12.8 Å². The number of hydrogen-bond donors (Lipinski definition) is 0. The molecule has 0 atom stereocenters. The fourth-order valence-corrected chi connectivity index (χ4v) is 3.48. The topological polar surface area (TPSA) is 0 Å². The van der Waals surface area contributed by atoms with Gasteiger partial charge in [-0.05, 0) is 58.4 Å². The molecule has 0 spiro atoms. The SMILES string of the molecule is Brc1ccc2c(c1)CC(/C=C/C1=Cc3ccccc3C1)=C2. The lowest BCUT2D eigenvalue weighted by Gasteiger charge is -1.98. The fraction of sp³-hybridized carbons (Fsp3) is 0.100. The quantitative estimate of drug-likeness (QED) is 0.672. The van der Waals surface area contributed by atoms with E-state index in [0.29, 0.717) is 0 Å². The van der Waals surface area contributed by atoms with Crippen molar-refractivity contribution in [3.63, 3.8) is 0 Å². The molecule has 0 amide bonds. The molecule has 4 rings (SSSR count). The lowest BCUT2D eigenvalue weighted by Crippen LogP contribution is -1.84. The smallest absolute Gasteiger partial charge is 0.0178 e. The number of hydrogen-bond acceptors (Lipinski definition) is 0. The Bertz CT molecular complexity index is 806. The summed E-state index contributed by atoms with van der Waals surface area (Å²) in [5.74, 6) is 0. The van der Waals surface area contributed by atoms with E-state index in [4.69, 9.17) is 0 Å². The number of allylic oxidation sites excluding steroid dienone is 4. The molecular weight excluding hydrogens is 320 g/mol. The van der Waals surface area contributed by atoms with Gasteiger partial charge in [0.05, 0.1) is 0 Å². The molecule has 0 aliphatic heterocycles. The zero-order valence-electron chi connectivity index (χ0n) is 11.6. The molecule has 0 N–H and O–H groups in total. The second kappa shape index (κ2) is 5.16. The van der Waals surface area contributed by atoms with E-state index < -0.39 is 0 Å². The summed E-state index contributed by atoms with van der Waals surface area (Å²) in [6, 6.07) is 15.1. The minimum atomic E-state index is 1.03. The van der Waals surface area contributed by atoms with Crippen LogP contribution in [0.3, 0.4) is 0 Å². The third kappa shape index (κ3) is 2.54. The molecule has 1 heteroatoms.